The predicted octanol–water partition coefficient (Wildman–Crippen LogP) is 3.16. The lowest BCUT2D eigenvalue weighted by Crippen LogP contribution is -2.07. The summed E-state index contributed by atoms with van der Waals surface area (Å²) in [6, 6.07) is 5.74. The van der Waals surface area contributed by atoms with Gasteiger partial charge in [-0.1, -0.05) is 27.5 Å². The molecule has 13 heavy (non-hydrogen) atoms. The van der Waals surface area contributed by atoms with Crippen molar-refractivity contribution >= 4 is 33.2 Å². The standard InChI is InChI=1S/C9H11BrClNO/c1-13-5-4-12-9-3-2-7(10)6-8(9)11/h2-3,6,12H,4-5H2,1H3. The number of hydrogen-bond acceptors (Lipinski definition) is 2. The van der Waals surface area contributed by atoms with Gasteiger partial charge in [0.1, 0.15) is 0 Å². The topological polar surface area (TPSA) is 21.3 Å². The fourth-order valence-corrected chi connectivity index (χ4v) is 1.66. The second-order valence-electron chi connectivity index (χ2n) is 2.54. The zero-order valence-electron chi connectivity index (χ0n) is 7.31. The molecule has 0 radical (unpaired) electrons. The number of benzene rings is 1. The highest BCUT2D eigenvalue weighted by molar-refractivity contribution is 9.10. The Morgan fingerprint density at radius 1 is 1.54 bits per heavy atom. The second kappa shape index (κ2) is 5.47. The van der Waals surface area contributed by atoms with Crippen LogP contribution >= 0.6 is 27.5 Å². The van der Waals surface area contributed by atoms with Crippen molar-refractivity contribution in [3.63, 3.8) is 0 Å². The van der Waals surface area contributed by atoms with Gasteiger partial charge in [-0.05, 0) is 18.2 Å². The fraction of sp³-hybridized carbons (Fsp3) is 0.333. The maximum Gasteiger partial charge on any atom is 0.0648 e. The van der Waals surface area contributed by atoms with Crippen molar-refractivity contribution in [3.05, 3.63) is 27.7 Å². The van der Waals surface area contributed by atoms with E-state index in [2.05, 4.69) is 21.2 Å². The molecule has 0 heterocycles. The van der Waals surface area contributed by atoms with Crippen LogP contribution in [0.3, 0.4) is 0 Å². The van der Waals surface area contributed by atoms with Crippen molar-refractivity contribution in [1.29, 1.82) is 0 Å². The lowest BCUT2D eigenvalue weighted by molar-refractivity contribution is 0.211. The van der Waals surface area contributed by atoms with Gasteiger partial charge < -0.3 is 10.1 Å². The van der Waals surface area contributed by atoms with Crippen LogP contribution in [-0.2, 0) is 4.74 Å². The van der Waals surface area contributed by atoms with E-state index >= 15 is 0 Å². The van der Waals surface area contributed by atoms with Gasteiger partial charge in [0.2, 0.25) is 0 Å². The van der Waals surface area contributed by atoms with E-state index in [0.29, 0.717) is 11.6 Å². The summed E-state index contributed by atoms with van der Waals surface area (Å²) < 4.78 is 5.89. The molecular formula is C9H11BrClNO. The number of anilines is 1. The number of hydrogen-bond donors (Lipinski definition) is 1. The fourth-order valence-electron chi connectivity index (χ4n) is 0.921. The summed E-state index contributed by atoms with van der Waals surface area (Å²) in [4.78, 5) is 0. The second-order valence-corrected chi connectivity index (χ2v) is 3.87. The first-order valence-electron chi connectivity index (χ1n) is 3.92. The number of methoxy groups -OCH3 is 1. The minimum absolute atomic E-state index is 0.673. The van der Waals surface area contributed by atoms with Gasteiger partial charge in [-0.3, -0.25) is 0 Å². The summed E-state index contributed by atoms with van der Waals surface area (Å²) in [5, 5.41) is 3.88. The van der Waals surface area contributed by atoms with E-state index in [9.17, 15) is 0 Å². The molecular weight excluding hydrogens is 253 g/mol. The summed E-state index contributed by atoms with van der Waals surface area (Å²) in [7, 11) is 1.67. The maximum atomic E-state index is 5.98. The molecule has 0 saturated carbocycles. The number of halogens is 2. The van der Waals surface area contributed by atoms with E-state index < -0.39 is 0 Å². The van der Waals surface area contributed by atoms with Crippen LogP contribution in [0.1, 0.15) is 0 Å². The van der Waals surface area contributed by atoms with Crippen LogP contribution in [0.15, 0.2) is 22.7 Å². The summed E-state index contributed by atoms with van der Waals surface area (Å²) in [6.45, 7) is 1.43. The molecule has 0 aliphatic carbocycles. The first-order chi connectivity index (χ1) is 6.24. The molecule has 2 nitrogen and oxygen atoms in total. The Morgan fingerprint density at radius 3 is 2.92 bits per heavy atom. The maximum absolute atomic E-state index is 5.98. The summed E-state index contributed by atoms with van der Waals surface area (Å²) in [6.07, 6.45) is 0. The third-order valence-electron chi connectivity index (χ3n) is 1.55. The zero-order chi connectivity index (χ0) is 9.68. The summed E-state index contributed by atoms with van der Waals surface area (Å²) >= 11 is 9.32. The molecule has 1 aromatic carbocycles. The molecule has 0 aliphatic heterocycles. The average molecular weight is 265 g/mol. The number of ether oxygens (including phenoxy) is 1. The molecule has 0 spiro atoms. The summed E-state index contributed by atoms with van der Waals surface area (Å²) in [5.41, 5.74) is 0.932. The van der Waals surface area contributed by atoms with E-state index in [4.69, 9.17) is 16.3 Å². The molecule has 4 heteroatoms. The van der Waals surface area contributed by atoms with Crippen LogP contribution in [0.25, 0.3) is 0 Å². The first kappa shape index (κ1) is 10.8. The Bertz CT molecular complexity index is 280. The van der Waals surface area contributed by atoms with Gasteiger partial charge in [0.05, 0.1) is 17.3 Å². The molecule has 72 valence electrons. The van der Waals surface area contributed by atoms with Gasteiger partial charge >= 0.3 is 0 Å². The van der Waals surface area contributed by atoms with Crippen molar-refractivity contribution in [1.82, 2.24) is 0 Å². The average Bonchev–Trinajstić information content (AvgIpc) is 2.09. The van der Waals surface area contributed by atoms with E-state index in [1.165, 1.54) is 0 Å². The molecule has 0 amide bonds. The van der Waals surface area contributed by atoms with Crippen molar-refractivity contribution < 1.29 is 4.74 Å². The van der Waals surface area contributed by atoms with Crippen LogP contribution < -0.4 is 5.32 Å². The molecule has 0 fully saturated rings. The molecule has 0 aromatic heterocycles. The Kier molecular flexibility index (Phi) is 4.56. The van der Waals surface area contributed by atoms with Crippen molar-refractivity contribution in [2.45, 2.75) is 0 Å². The van der Waals surface area contributed by atoms with E-state index in [1.807, 2.05) is 18.2 Å². The quantitative estimate of drug-likeness (QED) is 0.844. The normalized spacial score (nSPS) is 10.1. The van der Waals surface area contributed by atoms with Gasteiger partial charge in [-0.2, -0.15) is 0 Å². The SMILES string of the molecule is COCCNc1ccc(Br)cc1Cl. The minimum atomic E-state index is 0.673. The van der Waals surface area contributed by atoms with Crippen LogP contribution in [0, 0.1) is 0 Å². The Balaban J connectivity index is 2.56. The van der Waals surface area contributed by atoms with E-state index in [1.54, 1.807) is 7.11 Å². The highest BCUT2D eigenvalue weighted by Crippen LogP contribution is 2.25. The number of nitrogens with one attached hydrogen (secondary N) is 1. The zero-order valence-corrected chi connectivity index (χ0v) is 9.65. The van der Waals surface area contributed by atoms with Gasteiger partial charge in [0, 0.05) is 18.1 Å². The molecule has 0 saturated heterocycles. The third kappa shape index (κ3) is 3.55. The van der Waals surface area contributed by atoms with Gasteiger partial charge in [0.15, 0.2) is 0 Å². The summed E-state index contributed by atoms with van der Waals surface area (Å²) in [5.74, 6) is 0. The Labute approximate surface area is 91.4 Å². The lowest BCUT2D eigenvalue weighted by Gasteiger charge is -2.07. The molecule has 1 rings (SSSR count). The van der Waals surface area contributed by atoms with Crippen LogP contribution in [0.4, 0.5) is 5.69 Å². The molecule has 1 aromatic rings. The number of rotatable bonds is 4. The third-order valence-corrected chi connectivity index (χ3v) is 2.36. The van der Waals surface area contributed by atoms with Gasteiger partial charge in [0.25, 0.3) is 0 Å². The predicted molar refractivity (Wildman–Crippen MR) is 59.5 cm³/mol. The van der Waals surface area contributed by atoms with Gasteiger partial charge in [-0.25, -0.2) is 0 Å². The van der Waals surface area contributed by atoms with Crippen molar-refractivity contribution in [2.24, 2.45) is 0 Å². The highest BCUT2D eigenvalue weighted by atomic mass is 79.9. The lowest BCUT2D eigenvalue weighted by atomic mass is 10.3. The van der Waals surface area contributed by atoms with Crippen molar-refractivity contribution in [3.8, 4) is 0 Å². The van der Waals surface area contributed by atoms with Crippen LogP contribution in [0.5, 0.6) is 0 Å². The molecule has 0 bridgehead atoms. The van der Waals surface area contributed by atoms with Gasteiger partial charge in [-0.15, -0.1) is 0 Å². The van der Waals surface area contributed by atoms with E-state index in [0.717, 1.165) is 16.7 Å². The monoisotopic (exact) mass is 263 g/mol. The first-order valence-corrected chi connectivity index (χ1v) is 5.09. The molecule has 0 atom stereocenters. The molecule has 1 N–H and O–H groups in total. The van der Waals surface area contributed by atoms with Crippen molar-refractivity contribution in [2.75, 3.05) is 25.6 Å². The van der Waals surface area contributed by atoms with Crippen LogP contribution in [0.2, 0.25) is 5.02 Å². The largest absolute Gasteiger partial charge is 0.383 e. The smallest absolute Gasteiger partial charge is 0.0648 e. The molecule has 0 unspecified atom stereocenters. The Morgan fingerprint density at radius 2 is 2.31 bits per heavy atom. The van der Waals surface area contributed by atoms with E-state index in [-0.39, 0.29) is 0 Å². The molecule has 0 aliphatic rings. The highest BCUT2D eigenvalue weighted by Gasteiger charge is 1.98. The van der Waals surface area contributed by atoms with Crippen LogP contribution in [-0.4, -0.2) is 20.3 Å². The minimum Gasteiger partial charge on any atom is -0.383 e. The Hall–Kier alpha value is -0.250.